The van der Waals surface area contributed by atoms with Gasteiger partial charge in [-0.15, -0.1) is 24.0 Å². The molecule has 0 aliphatic heterocycles. The van der Waals surface area contributed by atoms with Crippen LogP contribution < -0.4 is 5.32 Å². The van der Waals surface area contributed by atoms with E-state index in [-0.39, 0.29) is 35.7 Å². The van der Waals surface area contributed by atoms with Crippen molar-refractivity contribution in [2.45, 2.75) is 19.5 Å². The summed E-state index contributed by atoms with van der Waals surface area (Å²) >= 11 is 0. The maximum atomic E-state index is 13.3. The van der Waals surface area contributed by atoms with Crippen molar-refractivity contribution < 1.29 is 9.18 Å². The van der Waals surface area contributed by atoms with Crippen molar-refractivity contribution in [1.82, 2.24) is 15.1 Å². The van der Waals surface area contributed by atoms with Gasteiger partial charge in [-0.3, -0.25) is 9.79 Å². The normalized spacial score (nSPS) is 10.8. The molecule has 28 heavy (non-hydrogen) atoms. The Hall–Kier alpha value is -2.16. The van der Waals surface area contributed by atoms with Crippen LogP contribution in [-0.2, 0) is 17.9 Å². The largest absolute Gasteiger partial charge is 0.356 e. The van der Waals surface area contributed by atoms with E-state index in [1.807, 2.05) is 48.3 Å². The van der Waals surface area contributed by atoms with Gasteiger partial charge in [0.25, 0.3) is 0 Å². The molecular weight excluding hydrogens is 470 g/mol. The first-order valence-electron chi connectivity index (χ1n) is 8.93. The summed E-state index contributed by atoms with van der Waals surface area (Å²) in [5.41, 5.74) is 1.96. The highest BCUT2D eigenvalue weighted by Crippen LogP contribution is 2.07. The number of benzene rings is 2. The summed E-state index contributed by atoms with van der Waals surface area (Å²) in [5.74, 6) is 0.475. The SMILES string of the molecule is CN=C(NCCC(=O)N(C)Cc1ccccc1)N(C)Cc1cccc(F)c1.I. The highest BCUT2D eigenvalue weighted by Gasteiger charge is 2.11. The molecule has 7 heteroatoms. The number of rotatable bonds is 7. The van der Waals surface area contributed by atoms with Crippen LogP contribution in [0.3, 0.4) is 0 Å². The van der Waals surface area contributed by atoms with Crippen LogP contribution >= 0.6 is 24.0 Å². The molecule has 2 aromatic rings. The van der Waals surface area contributed by atoms with Gasteiger partial charge in [0.2, 0.25) is 5.91 Å². The quantitative estimate of drug-likeness (QED) is 0.361. The van der Waals surface area contributed by atoms with E-state index in [4.69, 9.17) is 0 Å². The van der Waals surface area contributed by atoms with E-state index in [1.165, 1.54) is 12.1 Å². The van der Waals surface area contributed by atoms with Gasteiger partial charge in [-0.05, 0) is 23.3 Å². The Labute approximate surface area is 183 Å². The van der Waals surface area contributed by atoms with Crippen LogP contribution in [0.1, 0.15) is 17.5 Å². The molecule has 0 saturated heterocycles. The molecule has 2 aromatic carbocycles. The molecule has 0 spiro atoms. The number of carbonyl (C=O) groups excluding carboxylic acids is 1. The number of amides is 1. The summed E-state index contributed by atoms with van der Waals surface area (Å²) in [5, 5.41) is 3.19. The standard InChI is InChI=1S/C21H27FN4O.HI/c1-23-21(26(3)16-18-10-7-11-19(22)14-18)24-13-12-20(27)25(2)15-17-8-5-4-6-9-17;/h4-11,14H,12-13,15-16H2,1-3H3,(H,23,24);1H. The summed E-state index contributed by atoms with van der Waals surface area (Å²) in [4.78, 5) is 20.1. The molecule has 1 amide bonds. The third kappa shape index (κ3) is 7.84. The predicted molar refractivity (Wildman–Crippen MR) is 122 cm³/mol. The molecule has 1 N–H and O–H groups in total. The van der Waals surface area contributed by atoms with E-state index in [9.17, 15) is 9.18 Å². The second-order valence-electron chi connectivity index (χ2n) is 6.45. The molecule has 0 unspecified atom stereocenters. The first-order chi connectivity index (χ1) is 13.0. The van der Waals surface area contributed by atoms with Gasteiger partial charge in [0.15, 0.2) is 5.96 Å². The molecule has 0 aromatic heterocycles. The van der Waals surface area contributed by atoms with E-state index >= 15 is 0 Å². The lowest BCUT2D eigenvalue weighted by Crippen LogP contribution is -2.40. The second kappa shape index (κ2) is 12.3. The van der Waals surface area contributed by atoms with Crippen LogP contribution in [0.15, 0.2) is 59.6 Å². The van der Waals surface area contributed by atoms with E-state index in [0.29, 0.717) is 32.0 Å². The van der Waals surface area contributed by atoms with Gasteiger partial charge in [0.05, 0.1) is 0 Å². The Morgan fingerprint density at radius 3 is 2.29 bits per heavy atom. The molecule has 0 aliphatic carbocycles. The van der Waals surface area contributed by atoms with E-state index in [1.54, 1.807) is 25.1 Å². The van der Waals surface area contributed by atoms with Crippen LogP contribution in [-0.4, -0.2) is 49.4 Å². The maximum absolute atomic E-state index is 13.3. The number of guanidine groups is 1. The van der Waals surface area contributed by atoms with Crippen LogP contribution in [0.4, 0.5) is 4.39 Å². The molecule has 0 bridgehead atoms. The van der Waals surface area contributed by atoms with E-state index in [0.717, 1.165) is 11.1 Å². The van der Waals surface area contributed by atoms with Crippen LogP contribution in [0, 0.1) is 5.82 Å². The summed E-state index contributed by atoms with van der Waals surface area (Å²) in [6, 6.07) is 16.4. The molecule has 0 radical (unpaired) electrons. The number of nitrogens with zero attached hydrogens (tertiary/aromatic N) is 3. The highest BCUT2D eigenvalue weighted by atomic mass is 127. The zero-order valence-corrected chi connectivity index (χ0v) is 18.9. The van der Waals surface area contributed by atoms with E-state index < -0.39 is 0 Å². The number of hydrogen-bond acceptors (Lipinski definition) is 2. The van der Waals surface area contributed by atoms with Gasteiger partial charge in [0, 0.05) is 47.2 Å². The fraction of sp³-hybridized carbons (Fsp3) is 0.333. The maximum Gasteiger partial charge on any atom is 0.224 e. The van der Waals surface area contributed by atoms with Crippen LogP contribution in [0.25, 0.3) is 0 Å². The van der Waals surface area contributed by atoms with Crippen molar-refractivity contribution in [3.05, 3.63) is 71.5 Å². The topological polar surface area (TPSA) is 47.9 Å². The average Bonchev–Trinajstić information content (AvgIpc) is 2.65. The first kappa shape index (κ1) is 23.9. The number of nitrogens with one attached hydrogen (secondary N) is 1. The molecule has 0 saturated carbocycles. The number of aliphatic imine (C=N–C) groups is 1. The fourth-order valence-electron chi connectivity index (χ4n) is 2.79. The van der Waals surface area contributed by atoms with Gasteiger partial charge < -0.3 is 15.1 Å². The number of hydrogen-bond donors (Lipinski definition) is 1. The van der Waals surface area contributed by atoms with Crippen molar-refractivity contribution >= 4 is 35.8 Å². The minimum absolute atomic E-state index is 0. The van der Waals surface area contributed by atoms with Crippen molar-refractivity contribution in [3.8, 4) is 0 Å². The van der Waals surface area contributed by atoms with Gasteiger partial charge in [-0.2, -0.15) is 0 Å². The first-order valence-corrected chi connectivity index (χ1v) is 8.93. The monoisotopic (exact) mass is 498 g/mol. The Balaban J connectivity index is 0.00000392. The zero-order valence-electron chi connectivity index (χ0n) is 16.6. The lowest BCUT2D eigenvalue weighted by atomic mass is 10.2. The summed E-state index contributed by atoms with van der Waals surface area (Å²) in [6.07, 6.45) is 0.371. The predicted octanol–water partition coefficient (Wildman–Crippen LogP) is 3.50. The van der Waals surface area contributed by atoms with Gasteiger partial charge >= 0.3 is 0 Å². The Kier molecular flexibility index (Phi) is 10.5. The smallest absolute Gasteiger partial charge is 0.224 e. The van der Waals surface area contributed by atoms with Crippen molar-refractivity contribution in [2.75, 3.05) is 27.7 Å². The van der Waals surface area contributed by atoms with Gasteiger partial charge in [0.1, 0.15) is 5.82 Å². The molecular formula is C21H28FIN4O. The summed E-state index contributed by atoms with van der Waals surface area (Å²) in [6.45, 7) is 1.60. The molecule has 0 atom stereocenters. The van der Waals surface area contributed by atoms with Crippen molar-refractivity contribution in [2.24, 2.45) is 4.99 Å². The van der Waals surface area contributed by atoms with Gasteiger partial charge in [-0.1, -0.05) is 42.5 Å². The van der Waals surface area contributed by atoms with E-state index in [2.05, 4.69) is 10.3 Å². The molecule has 2 rings (SSSR count). The molecule has 0 fully saturated rings. The number of carbonyl (C=O) groups is 1. The van der Waals surface area contributed by atoms with Gasteiger partial charge in [-0.25, -0.2) is 4.39 Å². The average molecular weight is 498 g/mol. The Morgan fingerprint density at radius 2 is 1.64 bits per heavy atom. The van der Waals surface area contributed by atoms with Crippen molar-refractivity contribution in [1.29, 1.82) is 0 Å². The Bertz CT molecular complexity index is 770. The lowest BCUT2D eigenvalue weighted by molar-refractivity contribution is -0.130. The molecule has 0 aliphatic rings. The third-order valence-corrected chi connectivity index (χ3v) is 4.19. The lowest BCUT2D eigenvalue weighted by Gasteiger charge is -2.23. The minimum Gasteiger partial charge on any atom is -0.356 e. The summed E-state index contributed by atoms with van der Waals surface area (Å²) < 4.78 is 13.3. The molecule has 0 heterocycles. The minimum atomic E-state index is -0.254. The van der Waals surface area contributed by atoms with Crippen LogP contribution in [0.5, 0.6) is 0 Å². The molecule has 152 valence electrons. The van der Waals surface area contributed by atoms with Crippen LogP contribution in [0.2, 0.25) is 0 Å². The summed E-state index contributed by atoms with van der Waals surface area (Å²) in [7, 11) is 5.37. The molecule has 5 nitrogen and oxygen atoms in total. The van der Waals surface area contributed by atoms with Crippen molar-refractivity contribution in [3.63, 3.8) is 0 Å². The third-order valence-electron chi connectivity index (χ3n) is 4.19. The zero-order chi connectivity index (χ0) is 19.6. The number of halogens is 2. The highest BCUT2D eigenvalue weighted by molar-refractivity contribution is 14.0. The second-order valence-corrected chi connectivity index (χ2v) is 6.45. The fourth-order valence-corrected chi connectivity index (χ4v) is 2.79. The Morgan fingerprint density at radius 1 is 1.00 bits per heavy atom.